The minimum absolute atomic E-state index is 0.0773. The van der Waals surface area contributed by atoms with Gasteiger partial charge in [-0.2, -0.15) is 0 Å². The highest BCUT2D eigenvalue weighted by molar-refractivity contribution is 5.90. The molecule has 180 valence electrons. The van der Waals surface area contributed by atoms with Gasteiger partial charge in [-0.25, -0.2) is 18.4 Å². The molecule has 1 N–H and O–H groups in total. The molecule has 0 aliphatic rings. The van der Waals surface area contributed by atoms with Crippen molar-refractivity contribution in [1.82, 2.24) is 4.90 Å². The number of halogens is 2. The van der Waals surface area contributed by atoms with Crippen molar-refractivity contribution < 1.29 is 27.8 Å². The van der Waals surface area contributed by atoms with Crippen LogP contribution in [0.2, 0.25) is 0 Å². The molecule has 0 spiro atoms. The van der Waals surface area contributed by atoms with Gasteiger partial charge in [0, 0.05) is 26.3 Å². The number of carbonyl (C=O) groups excluding carboxylic acids is 2. The third-order valence-corrected chi connectivity index (χ3v) is 5.08. The summed E-state index contributed by atoms with van der Waals surface area (Å²) in [7, 11) is 1.53. The van der Waals surface area contributed by atoms with Gasteiger partial charge in [0.2, 0.25) is 0 Å². The largest absolute Gasteiger partial charge is 0.460 e. The molecule has 0 fully saturated rings. The Bertz CT molecular complexity index is 890. The summed E-state index contributed by atoms with van der Waals surface area (Å²) in [4.78, 5) is 26.5. The molecule has 0 heterocycles. The predicted molar refractivity (Wildman–Crippen MR) is 123 cm³/mol. The Kier molecular flexibility index (Phi) is 11.3. The first-order valence-corrected chi connectivity index (χ1v) is 11.2. The maximum absolute atomic E-state index is 14.0. The molecular formula is C25H32F2N2O4. The average molecular weight is 463 g/mol. The summed E-state index contributed by atoms with van der Waals surface area (Å²) in [5.74, 6) is -1.99. The molecule has 0 aliphatic carbocycles. The predicted octanol–water partition coefficient (Wildman–Crippen LogP) is 5.77. The van der Waals surface area contributed by atoms with E-state index in [2.05, 4.69) is 12.2 Å². The molecule has 0 bridgehead atoms. The first kappa shape index (κ1) is 26.3. The second-order valence-electron chi connectivity index (χ2n) is 7.72. The summed E-state index contributed by atoms with van der Waals surface area (Å²) in [6, 6.07) is 9.34. The van der Waals surface area contributed by atoms with Gasteiger partial charge < -0.3 is 19.7 Å². The van der Waals surface area contributed by atoms with Crippen LogP contribution in [0.3, 0.4) is 0 Å². The van der Waals surface area contributed by atoms with Crippen molar-refractivity contribution >= 4 is 17.7 Å². The molecule has 0 radical (unpaired) electrons. The van der Waals surface area contributed by atoms with E-state index in [0.29, 0.717) is 18.7 Å². The third kappa shape index (κ3) is 9.18. The number of rotatable bonds is 13. The standard InChI is InChI=1S/C25H32F2N2O4/c1-3-4-5-6-7-14-29(25(31)28-23-13-12-21(26)17-22(23)27)18-19-8-10-20(11-9-19)24(30)33-16-15-32-2/h8-13,17H,3-7,14-16,18H2,1-2H3,(H,28,31). The molecule has 0 saturated carbocycles. The third-order valence-electron chi connectivity index (χ3n) is 5.08. The smallest absolute Gasteiger partial charge is 0.338 e. The zero-order valence-corrected chi connectivity index (χ0v) is 19.2. The maximum atomic E-state index is 14.0. The normalized spacial score (nSPS) is 10.7. The van der Waals surface area contributed by atoms with E-state index in [1.807, 2.05) is 0 Å². The fourth-order valence-corrected chi connectivity index (χ4v) is 3.21. The van der Waals surface area contributed by atoms with Crippen LogP contribution in [0.15, 0.2) is 42.5 Å². The number of ether oxygens (including phenoxy) is 2. The molecule has 6 nitrogen and oxygen atoms in total. The molecule has 2 amide bonds. The summed E-state index contributed by atoms with van der Waals surface area (Å²) in [6.07, 6.45) is 5.12. The van der Waals surface area contributed by atoms with Crippen molar-refractivity contribution in [2.24, 2.45) is 0 Å². The van der Waals surface area contributed by atoms with Crippen LogP contribution in [0.4, 0.5) is 19.3 Å². The minimum atomic E-state index is -0.831. The van der Waals surface area contributed by atoms with E-state index in [1.54, 1.807) is 29.2 Å². The van der Waals surface area contributed by atoms with E-state index < -0.39 is 23.6 Å². The first-order valence-electron chi connectivity index (χ1n) is 11.2. The van der Waals surface area contributed by atoms with Gasteiger partial charge in [-0.15, -0.1) is 0 Å². The van der Waals surface area contributed by atoms with Crippen molar-refractivity contribution in [3.8, 4) is 0 Å². The van der Waals surface area contributed by atoms with Gasteiger partial charge in [-0.05, 0) is 36.2 Å². The Hall–Kier alpha value is -3.00. The van der Waals surface area contributed by atoms with E-state index >= 15 is 0 Å². The van der Waals surface area contributed by atoms with E-state index in [9.17, 15) is 18.4 Å². The lowest BCUT2D eigenvalue weighted by molar-refractivity contribution is 0.0388. The fraction of sp³-hybridized carbons (Fsp3) is 0.440. The maximum Gasteiger partial charge on any atom is 0.338 e. The SMILES string of the molecule is CCCCCCCN(Cc1ccc(C(=O)OCCOC)cc1)C(=O)Nc1ccc(F)cc1F. The van der Waals surface area contributed by atoms with Crippen molar-refractivity contribution in [3.63, 3.8) is 0 Å². The molecule has 0 aliphatic heterocycles. The van der Waals surface area contributed by atoms with E-state index in [4.69, 9.17) is 9.47 Å². The van der Waals surface area contributed by atoms with Crippen LogP contribution in [-0.4, -0.2) is 43.8 Å². The van der Waals surface area contributed by atoms with Crippen molar-refractivity contribution in [2.45, 2.75) is 45.6 Å². The topological polar surface area (TPSA) is 67.9 Å². The number of unbranched alkanes of at least 4 members (excludes halogenated alkanes) is 4. The monoisotopic (exact) mass is 462 g/mol. The molecule has 33 heavy (non-hydrogen) atoms. The van der Waals surface area contributed by atoms with Gasteiger partial charge in [0.05, 0.1) is 17.9 Å². The lowest BCUT2D eigenvalue weighted by Crippen LogP contribution is -2.35. The highest BCUT2D eigenvalue weighted by Gasteiger charge is 2.17. The molecule has 0 atom stereocenters. The lowest BCUT2D eigenvalue weighted by Gasteiger charge is -2.23. The van der Waals surface area contributed by atoms with Gasteiger partial charge in [-0.1, -0.05) is 44.7 Å². The summed E-state index contributed by atoms with van der Waals surface area (Å²) in [6.45, 7) is 3.39. The highest BCUT2D eigenvalue weighted by atomic mass is 19.1. The Morgan fingerprint density at radius 2 is 1.70 bits per heavy atom. The summed E-state index contributed by atoms with van der Waals surface area (Å²) >= 11 is 0. The molecule has 8 heteroatoms. The fourth-order valence-electron chi connectivity index (χ4n) is 3.21. The lowest BCUT2D eigenvalue weighted by atomic mass is 10.1. The van der Waals surface area contributed by atoms with Gasteiger partial charge in [0.15, 0.2) is 0 Å². The Balaban J connectivity index is 2.04. The summed E-state index contributed by atoms with van der Waals surface area (Å²) in [5.41, 5.74) is 1.14. The molecule has 2 aromatic rings. The van der Waals surface area contributed by atoms with Crippen molar-refractivity contribution in [1.29, 1.82) is 0 Å². The zero-order valence-electron chi connectivity index (χ0n) is 19.2. The number of hydrogen-bond acceptors (Lipinski definition) is 4. The number of esters is 1. The van der Waals surface area contributed by atoms with Crippen molar-refractivity contribution in [3.05, 3.63) is 65.2 Å². The first-order chi connectivity index (χ1) is 15.9. The van der Waals surface area contributed by atoms with Crippen LogP contribution in [-0.2, 0) is 16.0 Å². The number of hydrogen-bond donors (Lipinski definition) is 1. The number of nitrogens with zero attached hydrogens (tertiary/aromatic N) is 1. The number of nitrogens with one attached hydrogen (secondary N) is 1. The number of urea groups is 1. The van der Waals surface area contributed by atoms with Gasteiger partial charge in [0.1, 0.15) is 18.2 Å². The molecule has 2 aromatic carbocycles. The summed E-state index contributed by atoms with van der Waals surface area (Å²) in [5, 5.41) is 2.53. The Morgan fingerprint density at radius 3 is 2.36 bits per heavy atom. The van der Waals surface area contributed by atoms with Crippen LogP contribution in [0.1, 0.15) is 54.9 Å². The van der Waals surface area contributed by atoms with Gasteiger partial charge in [0.25, 0.3) is 0 Å². The van der Waals surface area contributed by atoms with Crippen LogP contribution < -0.4 is 5.32 Å². The van der Waals surface area contributed by atoms with E-state index in [0.717, 1.165) is 49.8 Å². The van der Waals surface area contributed by atoms with E-state index in [-0.39, 0.29) is 18.8 Å². The second kappa shape index (κ2) is 14.2. The Labute approximate surface area is 193 Å². The number of benzene rings is 2. The molecular weight excluding hydrogens is 430 g/mol. The molecule has 0 aromatic heterocycles. The van der Waals surface area contributed by atoms with Crippen LogP contribution >= 0.6 is 0 Å². The quantitative estimate of drug-likeness (QED) is 0.303. The molecule has 0 saturated heterocycles. The van der Waals surface area contributed by atoms with Gasteiger partial charge in [-0.3, -0.25) is 0 Å². The van der Waals surface area contributed by atoms with Crippen LogP contribution in [0.5, 0.6) is 0 Å². The number of anilines is 1. The zero-order chi connectivity index (χ0) is 24.1. The number of amides is 2. The number of carbonyl (C=O) groups is 2. The Morgan fingerprint density at radius 1 is 0.970 bits per heavy atom. The minimum Gasteiger partial charge on any atom is -0.460 e. The van der Waals surface area contributed by atoms with E-state index in [1.165, 1.54) is 13.2 Å². The van der Waals surface area contributed by atoms with Crippen LogP contribution in [0, 0.1) is 11.6 Å². The highest BCUT2D eigenvalue weighted by Crippen LogP contribution is 2.17. The summed E-state index contributed by atoms with van der Waals surface area (Å²) < 4.78 is 37.1. The second-order valence-corrected chi connectivity index (χ2v) is 7.72. The van der Waals surface area contributed by atoms with Gasteiger partial charge >= 0.3 is 12.0 Å². The molecule has 0 unspecified atom stereocenters. The van der Waals surface area contributed by atoms with Crippen LogP contribution in [0.25, 0.3) is 0 Å². The number of methoxy groups -OCH3 is 1. The molecule has 2 rings (SSSR count). The average Bonchev–Trinajstić information content (AvgIpc) is 2.80. The van der Waals surface area contributed by atoms with Crippen molar-refractivity contribution in [2.75, 3.05) is 32.2 Å².